The van der Waals surface area contributed by atoms with Gasteiger partial charge in [0.05, 0.1) is 23.4 Å². The van der Waals surface area contributed by atoms with E-state index in [1.54, 1.807) is 20.2 Å². The molecule has 0 saturated carbocycles. The summed E-state index contributed by atoms with van der Waals surface area (Å²) in [7, 11) is -1.75. The van der Waals surface area contributed by atoms with Gasteiger partial charge in [0, 0.05) is 39.4 Å². The van der Waals surface area contributed by atoms with Crippen LogP contribution in [0.1, 0.15) is 16.1 Å². The van der Waals surface area contributed by atoms with E-state index >= 15 is 0 Å². The zero-order valence-electron chi connectivity index (χ0n) is 13.4. The van der Waals surface area contributed by atoms with Crippen molar-refractivity contribution >= 4 is 21.8 Å². The fourth-order valence-corrected chi connectivity index (χ4v) is 3.49. The molecule has 128 valence electrons. The molecule has 0 radical (unpaired) electrons. The number of hydrogen-bond donors (Lipinski definition) is 1. The van der Waals surface area contributed by atoms with Crippen molar-refractivity contribution in [1.29, 1.82) is 0 Å². The number of carbonyl (C=O) groups excluding carboxylic acids is 2. The third-order valence-electron chi connectivity index (χ3n) is 3.89. The quantitative estimate of drug-likeness (QED) is 0.720. The molecule has 1 aliphatic heterocycles. The molecule has 9 nitrogen and oxygen atoms in total. The average molecular weight is 343 g/mol. The summed E-state index contributed by atoms with van der Waals surface area (Å²) in [6.45, 7) is 2.13. The van der Waals surface area contributed by atoms with E-state index in [-0.39, 0.29) is 32.1 Å². The van der Waals surface area contributed by atoms with Crippen molar-refractivity contribution in [1.82, 2.24) is 19.0 Å². The fraction of sp³-hybridized carbons (Fsp3) is 0.615. The second kappa shape index (κ2) is 6.28. The molecule has 1 aliphatic rings. The summed E-state index contributed by atoms with van der Waals surface area (Å²) in [5.74, 6) is -1.65. The lowest BCUT2D eigenvalue weighted by molar-refractivity contribution is -0.122. The van der Waals surface area contributed by atoms with E-state index in [1.165, 1.54) is 13.9 Å². The first-order valence-corrected chi connectivity index (χ1v) is 8.98. The highest BCUT2D eigenvalue weighted by Crippen LogP contribution is 2.16. The number of amides is 2. The SMILES string of the molecule is Cc1nn(C)cc1C(=O)N1CCN(S(C)(=O)=O)C[C@@H](C(N)=O)C1. The molecule has 1 aromatic heterocycles. The molecule has 1 atom stereocenters. The van der Waals surface area contributed by atoms with Crippen LogP contribution in [0.25, 0.3) is 0 Å². The molecule has 0 unspecified atom stereocenters. The Hall–Kier alpha value is -1.94. The minimum absolute atomic E-state index is 0.00995. The summed E-state index contributed by atoms with van der Waals surface area (Å²) in [5.41, 5.74) is 6.38. The van der Waals surface area contributed by atoms with Gasteiger partial charge in [-0.15, -0.1) is 0 Å². The highest BCUT2D eigenvalue weighted by Gasteiger charge is 2.33. The number of sulfonamides is 1. The molecule has 1 aromatic rings. The van der Waals surface area contributed by atoms with Crippen molar-refractivity contribution in [2.24, 2.45) is 18.7 Å². The lowest BCUT2D eigenvalue weighted by Gasteiger charge is -2.22. The summed E-state index contributed by atoms with van der Waals surface area (Å²) >= 11 is 0. The van der Waals surface area contributed by atoms with E-state index in [2.05, 4.69) is 5.10 Å². The van der Waals surface area contributed by atoms with Gasteiger partial charge in [-0.05, 0) is 6.92 Å². The molecular formula is C13H21N5O4S. The first-order chi connectivity index (χ1) is 10.6. The predicted octanol–water partition coefficient (Wildman–Crippen LogP) is -1.45. The lowest BCUT2D eigenvalue weighted by atomic mass is 10.1. The van der Waals surface area contributed by atoms with E-state index in [9.17, 15) is 18.0 Å². The second-order valence-electron chi connectivity index (χ2n) is 5.77. The van der Waals surface area contributed by atoms with E-state index in [0.717, 1.165) is 6.26 Å². The molecule has 0 spiro atoms. The molecule has 0 aliphatic carbocycles. The Labute approximate surface area is 135 Å². The number of nitrogens with zero attached hydrogens (tertiary/aromatic N) is 4. The third-order valence-corrected chi connectivity index (χ3v) is 5.16. The van der Waals surface area contributed by atoms with Gasteiger partial charge in [0.25, 0.3) is 5.91 Å². The number of aromatic nitrogens is 2. The molecule has 10 heteroatoms. The predicted molar refractivity (Wildman–Crippen MR) is 82.9 cm³/mol. The molecule has 23 heavy (non-hydrogen) atoms. The highest BCUT2D eigenvalue weighted by atomic mass is 32.2. The molecular weight excluding hydrogens is 322 g/mol. The number of primary amides is 1. The molecule has 1 saturated heterocycles. The van der Waals surface area contributed by atoms with Gasteiger partial charge < -0.3 is 10.6 Å². The van der Waals surface area contributed by atoms with Crippen molar-refractivity contribution in [2.45, 2.75) is 6.92 Å². The van der Waals surface area contributed by atoms with Gasteiger partial charge in [-0.1, -0.05) is 0 Å². The van der Waals surface area contributed by atoms with Gasteiger partial charge in [0.2, 0.25) is 15.9 Å². The number of rotatable bonds is 3. The highest BCUT2D eigenvalue weighted by molar-refractivity contribution is 7.88. The number of nitrogens with two attached hydrogens (primary N) is 1. The van der Waals surface area contributed by atoms with Crippen molar-refractivity contribution in [3.05, 3.63) is 17.5 Å². The minimum Gasteiger partial charge on any atom is -0.369 e. The van der Waals surface area contributed by atoms with Gasteiger partial charge in [-0.25, -0.2) is 8.42 Å². The topological polar surface area (TPSA) is 119 Å². The zero-order chi connectivity index (χ0) is 17.4. The van der Waals surface area contributed by atoms with Gasteiger partial charge in [-0.3, -0.25) is 14.3 Å². The van der Waals surface area contributed by atoms with Crippen molar-refractivity contribution in [3.63, 3.8) is 0 Å². The molecule has 2 amide bonds. The van der Waals surface area contributed by atoms with Crippen LogP contribution >= 0.6 is 0 Å². The Morgan fingerprint density at radius 3 is 2.43 bits per heavy atom. The first-order valence-electron chi connectivity index (χ1n) is 7.13. The van der Waals surface area contributed by atoms with E-state index in [4.69, 9.17) is 5.73 Å². The summed E-state index contributed by atoms with van der Waals surface area (Å²) < 4.78 is 26.3. The van der Waals surface area contributed by atoms with E-state index in [1.807, 2.05) is 0 Å². The zero-order valence-corrected chi connectivity index (χ0v) is 14.2. The molecule has 0 aromatic carbocycles. The number of aryl methyl sites for hydroxylation is 2. The van der Waals surface area contributed by atoms with Gasteiger partial charge in [-0.2, -0.15) is 9.40 Å². The van der Waals surface area contributed by atoms with Crippen LogP contribution in [0, 0.1) is 12.8 Å². The van der Waals surface area contributed by atoms with Crippen molar-refractivity contribution < 1.29 is 18.0 Å². The van der Waals surface area contributed by atoms with Gasteiger partial charge in [0.15, 0.2) is 0 Å². The van der Waals surface area contributed by atoms with Crippen LogP contribution in [0.3, 0.4) is 0 Å². The van der Waals surface area contributed by atoms with E-state index < -0.39 is 21.8 Å². The second-order valence-corrected chi connectivity index (χ2v) is 7.76. The maximum atomic E-state index is 12.7. The van der Waals surface area contributed by atoms with Crippen LogP contribution < -0.4 is 5.73 Å². The van der Waals surface area contributed by atoms with Gasteiger partial charge in [0.1, 0.15) is 0 Å². The number of hydrogen-bond acceptors (Lipinski definition) is 5. The van der Waals surface area contributed by atoms with Crippen LogP contribution in [-0.4, -0.2) is 71.7 Å². The Morgan fingerprint density at radius 2 is 1.96 bits per heavy atom. The average Bonchev–Trinajstić information content (AvgIpc) is 2.64. The molecule has 0 bridgehead atoms. The lowest BCUT2D eigenvalue weighted by Crippen LogP contribution is -2.41. The van der Waals surface area contributed by atoms with Crippen LogP contribution in [0.15, 0.2) is 6.20 Å². The maximum Gasteiger partial charge on any atom is 0.257 e. The summed E-state index contributed by atoms with van der Waals surface area (Å²) in [6.07, 6.45) is 2.68. The first kappa shape index (κ1) is 17.4. The third kappa shape index (κ3) is 3.88. The van der Waals surface area contributed by atoms with Crippen LogP contribution in [0.2, 0.25) is 0 Å². The Kier molecular flexibility index (Phi) is 4.76. The Bertz CT molecular complexity index is 727. The number of carbonyl (C=O) groups is 2. The van der Waals surface area contributed by atoms with Crippen LogP contribution in [0.5, 0.6) is 0 Å². The fourth-order valence-electron chi connectivity index (χ4n) is 2.63. The summed E-state index contributed by atoms with van der Waals surface area (Å²) in [6, 6.07) is 0. The van der Waals surface area contributed by atoms with Crippen molar-refractivity contribution in [2.75, 3.05) is 32.4 Å². The van der Waals surface area contributed by atoms with Crippen LogP contribution in [0.4, 0.5) is 0 Å². The molecule has 2 rings (SSSR count). The summed E-state index contributed by atoms with van der Waals surface area (Å²) in [5, 5.41) is 4.13. The smallest absolute Gasteiger partial charge is 0.257 e. The van der Waals surface area contributed by atoms with Crippen molar-refractivity contribution in [3.8, 4) is 0 Å². The summed E-state index contributed by atoms with van der Waals surface area (Å²) in [4.78, 5) is 25.7. The normalized spacial score (nSPS) is 20.3. The minimum atomic E-state index is -3.46. The Morgan fingerprint density at radius 1 is 1.30 bits per heavy atom. The molecule has 2 heterocycles. The van der Waals surface area contributed by atoms with E-state index in [0.29, 0.717) is 11.3 Å². The maximum absolute atomic E-state index is 12.7. The van der Waals surface area contributed by atoms with Gasteiger partial charge >= 0.3 is 0 Å². The molecule has 2 N–H and O–H groups in total. The van der Waals surface area contributed by atoms with Crippen LogP contribution in [-0.2, 0) is 21.9 Å². The Balaban J connectivity index is 2.27. The standard InChI is InChI=1S/C13H21N5O4S/c1-9-11(8-16(2)15-9)13(20)17-4-5-18(23(3,21)22)7-10(6-17)12(14)19/h8,10H,4-7H2,1-3H3,(H2,14,19)/t10-/m0/s1. The molecule has 1 fully saturated rings. The largest absolute Gasteiger partial charge is 0.369 e. The monoisotopic (exact) mass is 343 g/mol.